The van der Waals surface area contributed by atoms with E-state index in [0.717, 1.165) is 0 Å². The van der Waals surface area contributed by atoms with Gasteiger partial charge in [-0.1, -0.05) is 0 Å². The zero-order valence-corrected chi connectivity index (χ0v) is 9.93. The van der Waals surface area contributed by atoms with Crippen LogP contribution in [0.15, 0.2) is 0 Å². The van der Waals surface area contributed by atoms with Crippen LogP contribution >= 0.6 is 0 Å². The highest BCUT2D eigenvalue weighted by Gasteiger charge is 2.71. The molecule has 3 nitrogen and oxygen atoms in total. The van der Waals surface area contributed by atoms with Crippen LogP contribution in [0, 0.1) is 5.92 Å². The standard InChI is InChI=1S/C10H13F6N3/c11-17(12)8-1-7-2-9(4-8,18(13)14)6-10(3-7,5-8)19(15)16/h7H,1-6H2. The van der Waals surface area contributed by atoms with E-state index in [0.29, 0.717) is 0 Å². The van der Waals surface area contributed by atoms with Crippen molar-refractivity contribution in [1.82, 2.24) is 16.0 Å². The molecule has 9 heteroatoms. The molecule has 0 aliphatic heterocycles. The highest BCUT2D eigenvalue weighted by molar-refractivity contribution is 5.20. The fourth-order valence-corrected chi connectivity index (χ4v) is 4.85. The van der Waals surface area contributed by atoms with E-state index in [1.165, 1.54) is 0 Å². The van der Waals surface area contributed by atoms with E-state index in [4.69, 9.17) is 0 Å². The largest absolute Gasteiger partial charge is 0.101 e. The molecule has 0 saturated heterocycles. The molecule has 0 unspecified atom stereocenters. The van der Waals surface area contributed by atoms with Crippen LogP contribution in [0.1, 0.15) is 38.5 Å². The summed E-state index contributed by atoms with van der Waals surface area (Å²) in [7, 11) is 0. The van der Waals surface area contributed by atoms with Crippen molar-refractivity contribution in [2.45, 2.75) is 55.1 Å². The van der Waals surface area contributed by atoms with Crippen LogP contribution in [0.2, 0.25) is 0 Å². The topological polar surface area (TPSA) is 9.72 Å². The Bertz CT molecular complexity index is 324. The summed E-state index contributed by atoms with van der Waals surface area (Å²) in [4.78, 5) is 0. The Kier molecular flexibility index (Phi) is 2.66. The van der Waals surface area contributed by atoms with Crippen molar-refractivity contribution < 1.29 is 26.9 Å². The molecule has 0 spiro atoms. The summed E-state index contributed by atoms with van der Waals surface area (Å²) in [5.41, 5.74) is -5.56. The van der Waals surface area contributed by atoms with E-state index in [1.54, 1.807) is 0 Å². The van der Waals surface area contributed by atoms with Gasteiger partial charge >= 0.3 is 0 Å². The minimum atomic E-state index is -1.85. The number of rotatable bonds is 3. The Labute approximate surface area is 105 Å². The second-order valence-corrected chi connectivity index (χ2v) is 6.38. The highest BCUT2D eigenvalue weighted by atomic mass is 19.4. The molecule has 0 aromatic heterocycles. The Hall–Kier alpha value is -0.540. The van der Waals surface area contributed by atoms with Gasteiger partial charge in [0.1, 0.15) is 0 Å². The summed E-state index contributed by atoms with van der Waals surface area (Å²) in [5, 5.41) is -3.35. The summed E-state index contributed by atoms with van der Waals surface area (Å²) < 4.78 is 78.9. The van der Waals surface area contributed by atoms with Crippen molar-refractivity contribution in [2.24, 2.45) is 5.92 Å². The van der Waals surface area contributed by atoms with E-state index in [1.807, 2.05) is 0 Å². The first-order valence-corrected chi connectivity index (χ1v) is 6.09. The minimum absolute atomic E-state index is 0.00514. The first-order valence-electron chi connectivity index (χ1n) is 6.09. The molecule has 0 heterocycles. The third-order valence-electron chi connectivity index (χ3n) is 5.06. The third-order valence-corrected chi connectivity index (χ3v) is 5.06. The van der Waals surface area contributed by atoms with Gasteiger partial charge in [0.15, 0.2) is 0 Å². The van der Waals surface area contributed by atoms with Gasteiger partial charge in [-0.15, -0.1) is 26.9 Å². The Morgan fingerprint density at radius 1 is 0.579 bits per heavy atom. The summed E-state index contributed by atoms with van der Waals surface area (Å²) in [6, 6.07) is 0. The third kappa shape index (κ3) is 1.64. The SMILES string of the molecule is FN(F)C12CC3CC(N(F)F)(C1)CC(N(F)F)(C3)C2. The van der Waals surface area contributed by atoms with Gasteiger partial charge in [-0.25, -0.2) is 0 Å². The molecule has 4 aliphatic rings. The van der Waals surface area contributed by atoms with E-state index >= 15 is 0 Å². The van der Waals surface area contributed by atoms with Gasteiger partial charge in [-0.3, -0.25) is 0 Å². The molecule has 19 heavy (non-hydrogen) atoms. The quantitative estimate of drug-likeness (QED) is 0.582. The molecule has 0 aromatic carbocycles. The van der Waals surface area contributed by atoms with Crippen LogP contribution < -0.4 is 0 Å². The van der Waals surface area contributed by atoms with Gasteiger partial charge in [0, 0.05) is 16.0 Å². The Morgan fingerprint density at radius 3 is 1.05 bits per heavy atom. The molecule has 0 radical (unpaired) electrons. The van der Waals surface area contributed by atoms with Crippen molar-refractivity contribution in [2.75, 3.05) is 0 Å². The zero-order chi connectivity index (χ0) is 14.1. The van der Waals surface area contributed by atoms with E-state index in [2.05, 4.69) is 0 Å². The molecule has 4 saturated carbocycles. The normalized spacial score (nSPS) is 48.8. The Balaban J connectivity index is 2.06. The molecule has 110 valence electrons. The average Bonchev–Trinajstić information content (AvgIpc) is 2.26. The van der Waals surface area contributed by atoms with Crippen molar-refractivity contribution in [3.05, 3.63) is 0 Å². The molecule has 0 aromatic rings. The first-order chi connectivity index (χ1) is 8.74. The van der Waals surface area contributed by atoms with Crippen LogP contribution in [-0.2, 0) is 0 Å². The maximum atomic E-state index is 13.2. The predicted octanol–water partition coefficient (Wildman–Crippen LogP) is 3.41. The fraction of sp³-hybridized carbons (Fsp3) is 1.00. The smallest absolute Gasteiger partial charge is 0.0881 e. The molecular weight excluding hydrogens is 276 g/mol. The molecule has 4 bridgehead atoms. The van der Waals surface area contributed by atoms with Gasteiger partial charge in [0.05, 0.1) is 16.6 Å². The molecule has 4 fully saturated rings. The van der Waals surface area contributed by atoms with Gasteiger partial charge < -0.3 is 0 Å². The lowest BCUT2D eigenvalue weighted by Crippen LogP contribution is -2.73. The van der Waals surface area contributed by atoms with Crippen LogP contribution in [0.25, 0.3) is 0 Å². The van der Waals surface area contributed by atoms with Gasteiger partial charge in [-0.05, 0) is 44.4 Å². The van der Waals surface area contributed by atoms with Crippen molar-refractivity contribution >= 4 is 0 Å². The molecule has 4 rings (SSSR count). The fourth-order valence-electron chi connectivity index (χ4n) is 4.85. The van der Waals surface area contributed by atoms with Crippen molar-refractivity contribution in [3.8, 4) is 0 Å². The summed E-state index contributed by atoms with van der Waals surface area (Å²) in [6.45, 7) is 0. The Morgan fingerprint density at radius 2 is 0.842 bits per heavy atom. The van der Waals surface area contributed by atoms with E-state index < -0.39 is 57.8 Å². The van der Waals surface area contributed by atoms with Crippen LogP contribution in [0.4, 0.5) is 26.9 Å². The minimum Gasteiger partial charge on any atom is -0.101 e. The lowest BCUT2D eigenvalue weighted by molar-refractivity contribution is -0.372. The average molecular weight is 289 g/mol. The van der Waals surface area contributed by atoms with E-state index in [9.17, 15) is 26.9 Å². The van der Waals surface area contributed by atoms with Crippen LogP contribution in [-0.4, -0.2) is 32.6 Å². The molecule has 0 atom stereocenters. The van der Waals surface area contributed by atoms with Gasteiger partial charge in [-0.2, -0.15) is 0 Å². The predicted molar refractivity (Wildman–Crippen MR) is 51.6 cm³/mol. The second kappa shape index (κ2) is 3.76. The zero-order valence-electron chi connectivity index (χ0n) is 9.93. The summed E-state index contributed by atoms with van der Waals surface area (Å²) in [5.74, 6) is -0.520. The van der Waals surface area contributed by atoms with Crippen molar-refractivity contribution in [3.63, 3.8) is 0 Å². The lowest BCUT2D eigenvalue weighted by Gasteiger charge is -2.64. The summed E-state index contributed by atoms with van der Waals surface area (Å²) >= 11 is 0. The highest BCUT2D eigenvalue weighted by Crippen LogP contribution is 2.64. The molecular formula is C10H13F6N3. The monoisotopic (exact) mass is 289 g/mol. The summed E-state index contributed by atoms with van der Waals surface area (Å²) in [6.07, 6.45) is -1.38. The molecule has 4 aliphatic carbocycles. The van der Waals surface area contributed by atoms with Crippen LogP contribution in [0.3, 0.4) is 0 Å². The maximum Gasteiger partial charge on any atom is 0.0881 e. The molecule has 0 amide bonds. The van der Waals surface area contributed by atoms with Gasteiger partial charge in [0.25, 0.3) is 0 Å². The molecule has 0 N–H and O–H groups in total. The number of nitrogens with zero attached hydrogens (tertiary/aromatic N) is 3. The second-order valence-electron chi connectivity index (χ2n) is 6.38. The van der Waals surface area contributed by atoms with Crippen molar-refractivity contribution in [1.29, 1.82) is 0 Å². The van der Waals surface area contributed by atoms with E-state index in [-0.39, 0.29) is 19.3 Å². The van der Waals surface area contributed by atoms with Gasteiger partial charge in [0.2, 0.25) is 0 Å². The number of hydrogen-bond donors (Lipinski definition) is 0. The first kappa shape index (κ1) is 13.4. The number of hydrogen-bond acceptors (Lipinski definition) is 3. The number of halogens is 6. The maximum absolute atomic E-state index is 13.2. The lowest BCUT2D eigenvalue weighted by atomic mass is 9.47. The van der Waals surface area contributed by atoms with Crippen LogP contribution in [0.5, 0.6) is 0 Å².